The van der Waals surface area contributed by atoms with Gasteiger partial charge in [0.05, 0.1) is 6.61 Å². The van der Waals surface area contributed by atoms with Crippen LogP contribution >= 0.6 is 0 Å². The summed E-state index contributed by atoms with van der Waals surface area (Å²) in [5.74, 6) is -0.884. The average molecular weight is 253 g/mol. The Kier molecular flexibility index (Phi) is 6.11. The highest BCUT2D eigenvalue weighted by Gasteiger charge is 2.22. The molecule has 0 radical (unpaired) electrons. The van der Waals surface area contributed by atoms with Gasteiger partial charge in [-0.15, -0.1) is 0 Å². The van der Waals surface area contributed by atoms with Gasteiger partial charge in [-0.05, 0) is 12.8 Å². The second-order valence-electron chi connectivity index (χ2n) is 4.19. The molecule has 1 rings (SSSR count). The third-order valence-corrected chi connectivity index (χ3v) is 2.67. The van der Waals surface area contributed by atoms with E-state index in [-0.39, 0.29) is 30.7 Å². The number of nitrogens with zero attached hydrogens (tertiary/aromatic N) is 1. The maximum atomic E-state index is 11.3. The van der Waals surface area contributed by atoms with Crippen LogP contribution < -0.4 is 0 Å². The third kappa shape index (κ3) is 4.69. The molecule has 0 bridgehead atoms. The lowest BCUT2D eigenvalue weighted by Gasteiger charge is -2.12. The summed E-state index contributed by atoms with van der Waals surface area (Å²) in [7, 11) is 0. The Bertz CT molecular complexity index is 331. The Morgan fingerprint density at radius 2 is 1.83 bits per heavy atom. The van der Waals surface area contributed by atoms with Gasteiger partial charge in [0.15, 0.2) is 0 Å². The van der Waals surface area contributed by atoms with E-state index in [2.05, 4.69) is 6.92 Å². The largest absolute Gasteiger partial charge is 0.466 e. The first kappa shape index (κ1) is 14.4. The minimum Gasteiger partial charge on any atom is -0.466 e. The number of imide groups is 1. The second-order valence-corrected chi connectivity index (χ2v) is 4.19. The topological polar surface area (TPSA) is 63.7 Å². The lowest BCUT2D eigenvalue weighted by molar-refractivity contribution is -0.145. The van der Waals surface area contributed by atoms with Crippen molar-refractivity contribution in [2.75, 3.05) is 13.2 Å². The van der Waals surface area contributed by atoms with Gasteiger partial charge in [-0.25, -0.2) is 0 Å². The van der Waals surface area contributed by atoms with Crippen molar-refractivity contribution < 1.29 is 19.1 Å². The summed E-state index contributed by atoms with van der Waals surface area (Å²) in [5.41, 5.74) is 0. The smallest absolute Gasteiger partial charge is 0.305 e. The highest BCUT2D eigenvalue weighted by atomic mass is 16.5. The monoisotopic (exact) mass is 253 g/mol. The number of hydrogen-bond donors (Lipinski definition) is 0. The molecule has 18 heavy (non-hydrogen) atoms. The molecule has 0 aromatic carbocycles. The van der Waals surface area contributed by atoms with Gasteiger partial charge in [-0.2, -0.15) is 0 Å². The van der Waals surface area contributed by atoms with Crippen LogP contribution in [0.1, 0.15) is 39.0 Å². The molecule has 0 spiro atoms. The Balaban J connectivity index is 2.09. The Morgan fingerprint density at radius 3 is 2.44 bits per heavy atom. The molecular weight excluding hydrogens is 234 g/mol. The number of hydrogen-bond acceptors (Lipinski definition) is 4. The molecule has 0 aromatic rings. The van der Waals surface area contributed by atoms with Gasteiger partial charge in [0, 0.05) is 25.1 Å². The molecule has 0 unspecified atom stereocenters. The lowest BCUT2D eigenvalue weighted by atomic mass is 10.2. The van der Waals surface area contributed by atoms with E-state index in [9.17, 15) is 14.4 Å². The van der Waals surface area contributed by atoms with E-state index in [1.165, 1.54) is 12.2 Å². The van der Waals surface area contributed by atoms with Crippen LogP contribution in [0.5, 0.6) is 0 Å². The highest BCUT2D eigenvalue weighted by Crippen LogP contribution is 2.06. The predicted octanol–water partition coefficient (Wildman–Crippen LogP) is 1.43. The number of esters is 1. The van der Waals surface area contributed by atoms with Crippen molar-refractivity contribution in [1.29, 1.82) is 0 Å². The summed E-state index contributed by atoms with van der Waals surface area (Å²) in [6, 6.07) is 0. The Hall–Kier alpha value is -1.65. The van der Waals surface area contributed by atoms with Crippen molar-refractivity contribution in [1.82, 2.24) is 4.90 Å². The molecule has 1 heterocycles. The van der Waals surface area contributed by atoms with Crippen molar-refractivity contribution >= 4 is 17.8 Å². The van der Waals surface area contributed by atoms with Gasteiger partial charge >= 0.3 is 5.97 Å². The van der Waals surface area contributed by atoms with Gasteiger partial charge in [0.25, 0.3) is 11.8 Å². The van der Waals surface area contributed by atoms with Crippen molar-refractivity contribution in [2.24, 2.45) is 0 Å². The normalized spacial score (nSPS) is 14.4. The summed E-state index contributed by atoms with van der Waals surface area (Å²) >= 11 is 0. The molecule has 1 aliphatic rings. The predicted molar refractivity (Wildman–Crippen MR) is 65.6 cm³/mol. The fraction of sp³-hybridized carbons (Fsp3) is 0.615. The fourth-order valence-corrected chi connectivity index (χ4v) is 1.64. The second kappa shape index (κ2) is 7.63. The highest BCUT2D eigenvalue weighted by molar-refractivity contribution is 6.12. The lowest BCUT2D eigenvalue weighted by Crippen LogP contribution is -2.31. The van der Waals surface area contributed by atoms with Gasteiger partial charge in [-0.1, -0.05) is 19.8 Å². The van der Waals surface area contributed by atoms with E-state index in [0.717, 1.165) is 24.2 Å². The molecule has 0 atom stereocenters. The number of unbranched alkanes of at least 4 members (excludes halogenated alkanes) is 2. The van der Waals surface area contributed by atoms with Crippen LogP contribution in [-0.4, -0.2) is 35.8 Å². The zero-order chi connectivity index (χ0) is 13.4. The van der Waals surface area contributed by atoms with Crippen LogP contribution in [0, 0.1) is 0 Å². The quantitative estimate of drug-likeness (QED) is 0.373. The summed E-state index contributed by atoms with van der Waals surface area (Å²) in [6.45, 7) is 2.81. The van der Waals surface area contributed by atoms with Gasteiger partial charge < -0.3 is 4.74 Å². The first-order valence-electron chi connectivity index (χ1n) is 6.34. The Labute approximate surface area is 107 Å². The van der Waals surface area contributed by atoms with E-state index in [1.54, 1.807) is 0 Å². The Morgan fingerprint density at radius 1 is 1.17 bits per heavy atom. The summed E-state index contributed by atoms with van der Waals surface area (Å²) < 4.78 is 5.02. The van der Waals surface area contributed by atoms with E-state index in [1.807, 2.05) is 0 Å². The van der Waals surface area contributed by atoms with E-state index < -0.39 is 0 Å². The van der Waals surface area contributed by atoms with Crippen LogP contribution in [0.4, 0.5) is 0 Å². The SMILES string of the molecule is CCCCCOC(=O)CCCN1C(=O)C=CC1=O. The molecule has 2 amide bonds. The van der Waals surface area contributed by atoms with Crippen LogP contribution in [0.15, 0.2) is 12.2 Å². The molecule has 0 aliphatic carbocycles. The number of carbonyl (C=O) groups excluding carboxylic acids is 3. The molecule has 0 saturated carbocycles. The maximum Gasteiger partial charge on any atom is 0.305 e. The molecule has 5 heteroatoms. The zero-order valence-electron chi connectivity index (χ0n) is 10.7. The van der Waals surface area contributed by atoms with E-state index in [0.29, 0.717) is 13.0 Å². The standard InChI is InChI=1S/C13H19NO4/c1-2-3-4-10-18-13(17)6-5-9-14-11(15)7-8-12(14)16/h7-8H,2-6,9-10H2,1H3. The molecule has 0 N–H and O–H groups in total. The number of ether oxygens (including phenoxy) is 1. The van der Waals surface area contributed by atoms with Gasteiger partial charge in [0.1, 0.15) is 0 Å². The third-order valence-electron chi connectivity index (χ3n) is 2.67. The van der Waals surface area contributed by atoms with Crippen LogP contribution in [0.3, 0.4) is 0 Å². The van der Waals surface area contributed by atoms with Crippen LogP contribution in [0.2, 0.25) is 0 Å². The molecule has 0 aromatic heterocycles. The molecule has 0 fully saturated rings. The maximum absolute atomic E-state index is 11.3. The van der Waals surface area contributed by atoms with E-state index in [4.69, 9.17) is 4.74 Å². The zero-order valence-corrected chi connectivity index (χ0v) is 10.7. The fourth-order valence-electron chi connectivity index (χ4n) is 1.64. The van der Waals surface area contributed by atoms with Crippen molar-refractivity contribution in [3.8, 4) is 0 Å². The number of amides is 2. The number of rotatable bonds is 8. The van der Waals surface area contributed by atoms with Crippen LogP contribution in [-0.2, 0) is 19.1 Å². The molecular formula is C13H19NO4. The number of carbonyl (C=O) groups is 3. The minimum absolute atomic E-state index is 0.239. The van der Waals surface area contributed by atoms with Crippen molar-refractivity contribution in [3.63, 3.8) is 0 Å². The first-order chi connectivity index (χ1) is 8.65. The van der Waals surface area contributed by atoms with Gasteiger partial charge in [-0.3, -0.25) is 19.3 Å². The van der Waals surface area contributed by atoms with Crippen LogP contribution in [0.25, 0.3) is 0 Å². The first-order valence-corrected chi connectivity index (χ1v) is 6.34. The molecule has 100 valence electrons. The average Bonchev–Trinajstić information content (AvgIpc) is 2.66. The summed E-state index contributed by atoms with van der Waals surface area (Å²) in [4.78, 5) is 34.9. The molecule has 1 aliphatic heterocycles. The van der Waals surface area contributed by atoms with Crippen molar-refractivity contribution in [2.45, 2.75) is 39.0 Å². The minimum atomic E-state index is -0.309. The van der Waals surface area contributed by atoms with Gasteiger partial charge in [0.2, 0.25) is 0 Å². The van der Waals surface area contributed by atoms with E-state index >= 15 is 0 Å². The summed E-state index contributed by atoms with van der Waals surface area (Å²) in [6.07, 6.45) is 6.19. The molecule has 5 nitrogen and oxygen atoms in total. The summed E-state index contributed by atoms with van der Waals surface area (Å²) in [5, 5.41) is 0. The molecule has 0 saturated heterocycles. The van der Waals surface area contributed by atoms with Crippen molar-refractivity contribution in [3.05, 3.63) is 12.2 Å².